The van der Waals surface area contributed by atoms with Gasteiger partial charge in [-0.05, 0) is 19.1 Å². The number of aliphatic hydroxyl groups is 1. The van der Waals surface area contributed by atoms with Crippen molar-refractivity contribution >= 4 is 15.9 Å². The van der Waals surface area contributed by atoms with Crippen LogP contribution in [0.4, 0.5) is 0 Å². The number of nitrogens with one attached hydrogen (secondary N) is 1. The van der Waals surface area contributed by atoms with Crippen molar-refractivity contribution < 1.29 is 14.9 Å². The number of phenolic OH excluding ortho intramolecular Hbond substituents is 1. The molecular formula is C11H16BrNO3. The van der Waals surface area contributed by atoms with Gasteiger partial charge in [0.1, 0.15) is 0 Å². The van der Waals surface area contributed by atoms with Gasteiger partial charge in [0, 0.05) is 22.6 Å². The molecule has 0 bridgehead atoms. The molecule has 0 heterocycles. The van der Waals surface area contributed by atoms with Crippen LogP contribution in [-0.2, 0) is 6.54 Å². The van der Waals surface area contributed by atoms with Crippen LogP contribution in [0.2, 0.25) is 0 Å². The molecule has 0 saturated heterocycles. The number of rotatable bonds is 5. The summed E-state index contributed by atoms with van der Waals surface area (Å²) in [4.78, 5) is 0. The minimum atomic E-state index is -0.00984. The van der Waals surface area contributed by atoms with Crippen molar-refractivity contribution in [2.24, 2.45) is 0 Å². The first-order valence-corrected chi connectivity index (χ1v) is 5.77. The van der Waals surface area contributed by atoms with Gasteiger partial charge in [0.05, 0.1) is 13.7 Å². The largest absolute Gasteiger partial charge is 0.504 e. The third-order valence-corrected chi connectivity index (χ3v) is 2.71. The number of phenols is 1. The highest BCUT2D eigenvalue weighted by Crippen LogP contribution is 2.33. The summed E-state index contributed by atoms with van der Waals surface area (Å²) in [7, 11) is 1.51. The second-order valence-electron chi connectivity index (χ2n) is 3.58. The van der Waals surface area contributed by atoms with Gasteiger partial charge in [0.25, 0.3) is 0 Å². The molecule has 0 aliphatic carbocycles. The lowest BCUT2D eigenvalue weighted by Crippen LogP contribution is -2.28. The van der Waals surface area contributed by atoms with Crippen LogP contribution in [0.25, 0.3) is 0 Å². The first kappa shape index (κ1) is 13.3. The predicted octanol–water partition coefficient (Wildman–Crippen LogP) is 1.63. The summed E-state index contributed by atoms with van der Waals surface area (Å²) in [6.07, 6.45) is 0. The van der Waals surface area contributed by atoms with E-state index < -0.39 is 0 Å². The summed E-state index contributed by atoms with van der Waals surface area (Å²) in [5, 5.41) is 21.8. The minimum Gasteiger partial charge on any atom is -0.504 e. The quantitative estimate of drug-likeness (QED) is 0.771. The Kier molecular flexibility index (Phi) is 5.05. The van der Waals surface area contributed by atoms with E-state index >= 15 is 0 Å². The van der Waals surface area contributed by atoms with E-state index in [9.17, 15) is 5.11 Å². The SMILES string of the molecule is COc1cc(Br)cc(CNC(C)CO)c1O. The third kappa shape index (κ3) is 3.37. The molecular weight excluding hydrogens is 274 g/mol. The summed E-state index contributed by atoms with van der Waals surface area (Å²) in [5.41, 5.74) is 0.728. The van der Waals surface area contributed by atoms with Crippen molar-refractivity contribution in [1.29, 1.82) is 0 Å². The summed E-state index contributed by atoms with van der Waals surface area (Å²) in [6.45, 7) is 2.40. The number of hydrogen-bond acceptors (Lipinski definition) is 4. The van der Waals surface area contributed by atoms with E-state index in [0.29, 0.717) is 12.3 Å². The number of methoxy groups -OCH3 is 1. The maximum absolute atomic E-state index is 9.85. The van der Waals surface area contributed by atoms with Gasteiger partial charge in [-0.2, -0.15) is 0 Å². The lowest BCUT2D eigenvalue weighted by Gasteiger charge is -2.13. The average Bonchev–Trinajstić information content (AvgIpc) is 2.29. The number of hydrogen-bond donors (Lipinski definition) is 3. The third-order valence-electron chi connectivity index (χ3n) is 2.25. The average molecular weight is 290 g/mol. The van der Waals surface area contributed by atoms with Crippen LogP contribution >= 0.6 is 15.9 Å². The smallest absolute Gasteiger partial charge is 0.162 e. The molecule has 0 amide bonds. The lowest BCUT2D eigenvalue weighted by atomic mass is 10.1. The maximum atomic E-state index is 9.85. The summed E-state index contributed by atoms with van der Waals surface area (Å²) < 4.78 is 5.89. The van der Waals surface area contributed by atoms with Crippen LogP contribution in [-0.4, -0.2) is 30.0 Å². The fraction of sp³-hybridized carbons (Fsp3) is 0.455. The molecule has 90 valence electrons. The van der Waals surface area contributed by atoms with E-state index in [2.05, 4.69) is 21.2 Å². The predicted molar refractivity (Wildman–Crippen MR) is 65.7 cm³/mol. The molecule has 0 fully saturated rings. The van der Waals surface area contributed by atoms with E-state index in [1.54, 1.807) is 6.07 Å². The Bertz CT molecular complexity index is 357. The van der Waals surface area contributed by atoms with Crippen molar-refractivity contribution in [2.75, 3.05) is 13.7 Å². The van der Waals surface area contributed by atoms with Crippen molar-refractivity contribution in [3.8, 4) is 11.5 Å². The van der Waals surface area contributed by atoms with Crippen LogP contribution in [0.1, 0.15) is 12.5 Å². The molecule has 0 spiro atoms. The monoisotopic (exact) mass is 289 g/mol. The van der Waals surface area contributed by atoms with E-state index in [-0.39, 0.29) is 18.4 Å². The molecule has 0 saturated carbocycles. The Hall–Kier alpha value is -0.780. The van der Waals surface area contributed by atoms with Gasteiger partial charge in [-0.1, -0.05) is 15.9 Å². The first-order chi connectivity index (χ1) is 7.58. The molecule has 1 aromatic rings. The van der Waals surface area contributed by atoms with Gasteiger partial charge in [-0.25, -0.2) is 0 Å². The minimum absolute atomic E-state index is 0.00984. The molecule has 3 N–H and O–H groups in total. The van der Waals surface area contributed by atoms with Crippen molar-refractivity contribution in [2.45, 2.75) is 19.5 Å². The molecule has 4 nitrogen and oxygen atoms in total. The van der Waals surface area contributed by atoms with Gasteiger partial charge in [0.2, 0.25) is 0 Å². The number of aliphatic hydroxyl groups excluding tert-OH is 1. The maximum Gasteiger partial charge on any atom is 0.162 e. The molecule has 16 heavy (non-hydrogen) atoms. The fourth-order valence-corrected chi connectivity index (χ4v) is 1.75. The van der Waals surface area contributed by atoms with Gasteiger partial charge < -0.3 is 20.3 Å². The Morgan fingerprint density at radius 2 is 2.19 bits per heavy atom. The zero-order chi connectivity index (χ0) is 12.1. The van der Waals surface area contributed by atoms with E-state index in [1.165, 1.54) is 7.11 Å². The Labute approximate surface area is 103 Å². The lowest BCUT2D eigenvalue weighted by molar-refractivity contribution is 0.250. The molecule has 0 aliphatic rings. The van der Waals surface area contributed by atoms with Crippen molar-refractivity contribution in [3.63, 3.8) is 0 Å². The molecule has 1 rings (SSSR count). The van der Waals surface area contributed by atoms with Crippen LogP contribution < -0.4 is 10.1 Å². The van der Waals surface area contributed by atoms with E-state index in [0.717, 1.165) is 10.0 Å². The summed E-state index contributed by atoms with van der Waals surface area (Å²) >= 11 is 3.34. The Morgan fingerprint density at radius 3 is 2.75 bits per heavy atom. The normalized spacial score (nSPS) is 12.5. The molecule has 0 radical (unpaired) electrons. The second-order valence-corrected chi connectivity index (χ2v) is 4.50. The zero-order valence-corrected chi connectivity index (χ0v) is 10.9. The van der Waals surface area contributed by atoms with Crippen LogP contribution in [0.5, 0.6) is 11.5 Å². The van der Waals surface area contributed by atoms with Crippen molar-refractivity contribution in [1.82, 2.24) is 5.32 Å². The van der Waals surface area contributed by atoms with E-state index in [1.807, 2.05) is 13.0 Å². The molecule has 0 aromatic heterocycles. The molecule has 5 heteroatoms. The summed E-state index contributed by atoms with van der Waals surface area (Å²) in [5.74, 6) is 0.561. The Morgan fingerprint density at radius 1 is 1.50 bits per heavy atom. The highest BCUT2D eigenvalue weighted by molar-refractivity contribution is 9.10. The molecule has 1 unspecified atom stereocenters. The topological polar surface area (TPSA) is 61.7 Å². The van der Waals surface area contributed by atoms with Crippen molar-refractivity contribution in [3.05, 3.63) is 22.2 Å². The van der Waals surface area contributed by atoms with E-state index in [4.69, 9.17) is 9.84 Å². The molecule has 1 atom stereocenters. The van der Waals surface area contributed by atoms with Gasteiger partial charge >= 0.3 is 0 Å². The Balaban J connectivity index is 2.83. The zero-order valence-electron chi connectivity index (χ0n) is 9.33. The highest BCUT2D eigenvalue weighted by Gasteiger charge is 2.10. The van der Waals surface area contributed by atoms with Gasteiger partial charge in [-0.15, -0.1) is 0 Å². The molecule has 1 aromatic carbocycles. The number of halogens is 1. The summed E-state index contributed by atoms with van der Waals surface area (Å²) in [6, 6.07) is 3.51. The number of benzene rings is 1. The van der Waals surface area contributed by atoms with Crippen LogP contribution in [0, 0.1) is 0 Å². The second kappa shape index (κ2) is 6.08. The standard InChI is InChI=1S/C11H16BrNO3/c1-7(6-14)13-5-8-3-9(12)4-10(16-2)11(8)15/h3-4,7,13-15H,5-6H2,1-2H3. The number of aromatic hydroxyl groups is 1. The van der Waals surface area contributed by atoms with Crippen LogP contribution in [0.3, 0.4) is 0 Å². The highest BCUT2D eigenvalue weighted by atomic mass is 79.9. The molecule has 0 aliphatic heterocycles. The fourth-order valence-electron chi connectivity index (χ4n) is 1.27. The van der Waals surface area contributed by atoms with Gasteiger partial charge in [0.15, 0.2) is 11.5 Å². The van der Waals surface area contributed by atoms with Crippen LogP contribution in [0.15, 0.2) is 16.6 Å². The number of ether oxygens (including phenoxy) is 1. The van der Waals surface area contributed by atoms with Gasteiger partial charge in [-0.3, -0.25) is 0 Å². The first-order valence-electron chi connectivity index (χ1n) is 4.98.